The van der Waals surface area contributed by atoms with Gasteiger partial charge in [0.1, 0.15) is 5.69 Å². The molecule has 4 N–H and O–H groups in total. The molecule has 0 amide bonds. The second kappa shape index (κ2) is 3.48. The average Bonchev–Trinajstić information content (AvgIpc) is 2.85. The summed E-state index contributed by atoms with van der Waals surface area (Å²) in [5.41, 5.74) is 8.81. The van der Waals surface area contributed by atoms with Crippen LogP contribution in [0.2, 0.25) is 0 Å². The first kappa shape index (κ1) is 9.65. The fraction of sp³-hybridized carbons (Fsp3) is 0. The van der Waals surface area contributed by atoms with Crippen molar-refractivity contribution in [1.29, 1.82) is 0 Å². The van der Waals surface area contributed by atoms with Gasteiger partial charge in [-0.15, -0.1) is 0 Å². The minimum Gasteiger partial charge on any atom is -0.492 e. The highest BCUT2D eigenvalue weighted by Crippen LogP contribution is 2.32. The molecule has 0 atom stereocenters. The Morgan fingerprint density at radius 3 is 2.88 bits per heavy atom. The zero-order valence-electron chi connectivity index (χ0n) is 8.88. The van der Waals surface area contributed by atoms with E-state index in [2.05, 4.69) is 15.0 Å². The minimum absolute atomic E-state index is 0.104. The monoisotopic (exact) mass is 226 g/mol. The molecular formula is C12H10N4O. The molecule has 1 aromatic carbocycles. The van der Waals surface area contributed by atoms with Gasteiger partial charge in [-0.25, -0.2) is 0 Å². The predicted molar refractivity (Wildman–Crippen MR) is 67.1 cm³/mol. The highest BCUT2D eigenvalue weighted by molar-refractivity contribution is 6.21. The number of rotatable bonds is 1. The van der Waals surface area contributed by atoms with Gasteiger partial charge in [0.05, 0.1) is 5.69 Å². The van der Waals surface area contributed by atoms with Crippen LogP contribution in [0.25, 0.3) is 11.6 Å². The van der Waals surface area contributed by atoms with E-state index in [0.717, 1.165) is 16.8 Å². The van der Waals surface area contributed by atoms with Crippen LogP contribution in [-0.4, -0.2) is 21.3 Å². The molecule has 17 heavy (non-hydrogen) atoms. The summed E-state index contributed by atoms with van der Waals surface area (Å²) in [4.78, 5) is 10.8. The highest BCUT2D eigenvalue weighted by Gasteiger charge is 2.13. The molecule has 1 aliphatic rings. The Morgan fingerprint density at radius 2 is 2.12 bits per heavy atom. The number of aromatic amines is 1. The molecule has 0 radical (unpaired) electrons. The third-order valence-corrected chi connectivity index (χ3v) is 2.59. The van der Waals surface area contributed by atoms with Gasteiger partial charge in [-0.05, 0) is 12.1 Å². The van der Waals surface area contributed by atoms with Crippen LogP contribution in [0.5, 0.6) is 5.88 Å². The average molecular weight is 226 g/mol. The number of fused-ring (bicyclic) bond motifs is 1. The summed E-state index contributed by atoms with van der Waals surface area (Å²) in [5, 5.41) is 9.53. The molecule has 0 aliphatic carbocycles. The van der Waals surface area contributed by atoms with Crippen molar-refractivity contribution >= 4 is 29.5 Å². The van der Waals surface area contributed by atoms with E-state index in [-0.39, 0.29) is 11.8 Å². The SMILES string of the molecule is Nc1nc(O)c(/C=C2\C=Nc3ccccc32)[nH]1. The van der Waals surface area contributed by atoms with Crippen LogP contribution in [0.4, 0.5) is 11.6 Å². The van der Waals surface area contributed by atoms with Crippen LogP contribution in [0, 0.1) is 0 Å². The lowest BCUT2D eigenvalue weighted by atomic mass is 10.1. The number of hydrogen-bond acceptors (Lipinski definition) is 4. The van der Waals surface area contributed by atoms with Crippen molar-refractivity contribution in [2.45, 2.75) is 0 Å². The number of aliphatic imine (C=N–C) groups is 1. The number of hydrogen-bond donors (Lipinski definition) is 3. The number of nitrogen functional groups attached to an aromatic ring is 1. The number of anilines is 1. The number of aromatic nitrogens is 2. The Kier molecular flexibility index (Phi) is 1.98. The van der Waals surface area contributed by atoms with Crippen molar-refractivity contribution in [1.82, 2.24) is 9.97 Å². The minimum atomic E-state index is -0.104. The van der Waals surface area contributed by atoms with Gasteiger partial charge in [0.2, 0.25) is 11.8 Å². The summed E-state index contributed by atoms with van der Waals surface area (Å²) in [6.07, 6.45) is 3.52. The van der Waals surface area contributed by atoms with Gasteiger partial charge < -0.3 is 15.8 Å². The molecule has 1 aromatic heterocycles. The number of imidazole rings is 1. The van der Waals surface area contributed by atoms with Crippen LogP contribution in [0.1, 0.15) is 11.3 Å². The molecular weight excluding hydrogens is 216 g/mol. The van der Waals surface area contributed by atoms with E-state index in [1.54, 1.807) is 12.3 Å². The molecule has 84 valence electrons. The Hall–Kier alpha value is -2.56. The van der Waals surface area contributed by atoms with Gasteiger partial charge in [0.15, 0.2) is 0 Å². The van der Waals surface area contributed by atoms with Crippen molar-refractivity contribution in [2.75, 3.05) is 5.73 Å². The molecule has 0 bridgehead atoms. The van der Waals surface area contributed by atoms with E-state index in [1.165, 1.54) is 0 Å². The van der Waals surface area contributed by atoms with E-state index in [0.29, 0.717) is 5.69 Å². The molecule has 0 saturated heterocycles. The number of nitrogens with zero attached hydrogens (tertiary/aromatic N) is 2. The number of nitrogens with one attached hydrogen (secondary N) is 1. The number of benzene rings is 1. The van der Waals surface area contributed by atoms with E-state index in [9.17, 15) is 5.11 Å². The molecule has 2 heterocycles. The lowest BCUT2D eigenvalue weighted by Gasteiger charge is -1.97. The third-order valence-electron chi connectivity index (χ3n) is 2.59. The molecule has 0 unspecified atom stereocenters. The summed E-state index contributed by atoms with van der Waals surface area (Å²) in [6.45, 7) is 0. The van der Waals surface area contributed by atoms with Crippen molar-refractivity contribution in [2.24, 2.45) is 4.99 Å². The van der Waals surface area contributed by atoms with Crippen molar-refractivity contribution in [3.05, 3.63) is 35.5 Å². The molecule has 3 rings (SSSR count). The number of aromatic hydroxyl groups is 1. The van der Waals surface area contributed by atoms with E-state index >= 15 is 0 Å². The van der Waals surface area contributed by atoms with Crippen LogP contribution in [0.15, 0.2) is 29.3 Å². The van der Waals surface area contributed by atoms with E-state index in [1.807, 2.05) is 24.3 Å². The van der Waals surface area contributed by atoms with Gasteiger partial charge in [-0.3, -0.25) is 4.99 Å². The van der Waals surface area contributed by atoms with Crippen molar-refractivity contribution in [3.8, 4) is 5.88 Å². The molecule has 0 saturated carbocycles. The van der Waals surface area contributed by atoms with Gasteiger partial charge in [-0.2, -0.15) is 4.98 Å². The quantitative estimate of drug-likeness (QED) is 0.694. The van der Waals surface area contributed by atoms with Gasteiger partial charge >= 0.3 is 0 Å². The smallest absolute Gasteiger partial charge is 0.238 e. The second-order valence-electron chi connectivity index (χ2n) is 3.73. The fourth-order valence-corrected chi connectivity index (χ4v) is 1.81. The summed E-state index contributed by atoms with van der Waals surface area (Å²) < 4.78 is 0. The molecule has 0 spiro atoms. The zero-order chi connectivity index (χ0) is 11.8. The van der Waals surface area contributed by atoms with Crippen LogP contribution >= 0.6 is 0 Å². The predicted octanol–water partition coefficient (Wildman–Crippen LogP) is 1.95. The fourth-order valence-electron chi connectivity index (χ4n) is 1.81. The first-order valence-electron chi connectivity index (χ1n) is 5.13. The Morgan fingerprint density at radius 1 is 1.29 bits per heavy atom. The normalized spacial score (nSPS) is 15.4. The highest BCUT2D eigenvalue weighted by atomic mass is 16.3. The Labute approximate surface area is 97.3 Å². The lowest BCUT2D eigenvalue weighted by Crippen LogP contribution is -1.85. The summed E-state index contributed by atoms with van der Waals surface area (Å²) in [6, 6.07) is 7.80. The number of H-pyrrole nitrogens is 1. The molecule has 5 nitrogen and oxygen atoms in total. The third kappa shape index (κ3) is 1.57. The number of nitrogens with two attached hydrogens (primary N) is 1. The maximum atomic E-state index is 9.53. The maximum Gasteiger partial charge on any atom is 0.238 e. The van der Waals surface area contributed by atoms with E-state index < -0.39 is 0 Å². The van der Waals surface area contributed by atoms with Gasteiger partial charge in [-0.1, -0.05) is 18.2 Å². The number of para-hydroxylation sites is 1. The summed E-state index contributed by atoms with van der Waals surface area (Å²) >= 11 is 0. The molecule has 1 aliphatic heterocycles. The Balaban J connectivity index is 2.08. The standard InChI is InChI=1S/C12H10N4O/c13-12-15-10(11(17)16-12)5-7-6-14-9-4-2-1-3-8(7)9/h1-6,17H,(H3,13,15,16)/b7-5+. The number of allylic oxidation sites excluding steroid dienone is 1. The van der Waals surface area contributed by atoms with Crippen LogP contribution in [0.3, 0.4) is 0 Å². The topological polar surface area (TPSA) is 87.3 Å². The lowest BCUT2D eigenvalue weighted by molar-refractivity contribution is 0.456. The largest absolute Gasteiger partial charge is 0.492 e. The molecule has 0 fully saturated rings. The van der Waals surface area contributed by atoms with Crippen molar-refractivity contribution < 1.29 is 5.11 Å². The van der Waals surface area contributed by atoms with Crippen molar-refractivity contribution in [3.63, 3.8) is 0 Å². The first-order chi connectivity index (χ1) is 8.24. The Bertz CT molecular complexity index is 640. The molecule has 5 heteroatoms. The van der Waals surface area contributed by atoms with Crippen LogP contribution in [-0.2, 0) is 0 Å². The van der Waals surface area contributed by atoms with Crippen LogP contribution < -0.4 is 5.73 Å². The van der Waals surface area contributed by atoms with E-state index in [4.69, 9.17) is 5.73 Å². The second-order valence-corrected chi connectivity index (χ2v) is 3.73. The summed E-state index contributed by atoms with van der Waals surface area (Å²) in [7, 11) is 0. The zero-order valence-corrected chi connectivity index (χ0v) is 8.88. The summed E-state index contributed by atoms with van der Waals surface area (Å²) in [5.74, 6) is 0.0883. The molecule has 2 aromatic rings. The maximum absolute atomic E-state index is 9.53. The van der Waals surface area contributed by atoms with Gasteiger partial charge in [0.25, 0.3) is 0 Å². The first-order valence-corrected chi connectivity index (χ1v) is 5.13. The van der Waals surface area contributed by atoms with Gasteiger partial charge in [0, 0.05) is 17.4 Å².